The van der Waals surface area contributed by atoms with Gasteiger partial charge in [-0.05, 0) is 61.3 Å². The molecule has 0 spiro atoms. The number of aromatic carboxylic acids is 1. The van der Waals surface area contributed by atoms with Crippen molar-refractivity contribution in [3.05, 3.63) is 35.4 Å². The molecule has 3 heteroatoms. The summed E-state index contributed by atoms with van der Waals surface area (Å²) in [5.74, 6) is -0.0735. The molecular formula is C17H25NO2. The molecule has 1 aromatic rings. The first-order valence-corrected chi connectivity index (χ1v) is 7.49. The Kier molecular flexibility index (Phi) is 4.81. The van der Waals surface area contributed by atoms with Gasteiger partial charge >= 0.3 is 5.97 Å². The van der Waals surface area contributed by atoms with Crippen molar-refractivity contribution < 1.29 is 9.90 Å². The molecule has 1 aliphatic carbocycles. The molecule has 3 nitrogen and oxygen atoms in total. The molecule has 1 fully saturated rings. The van der Waals surface area contributed by atoms with Gasteiger partial charge in [0.05, 0.1) is 5.56 Å². The highest BCUT2D eigenvalue weighted by molar-refractivity contribution is 5.87. The highest BCUT2D eigenvalue weighted by atomic mass is 16.4. The number of nitrogens with one attached hydrogen (secondary N) is 1. The van der Waals surface area contributed by atoms with Gasteiger partial charge in [-0.1, -0.05) is 26.0 Å². The third-order valence-electron chi connectivity index (χ3n) is 4.42. The van der Waals surface area contributed by atoms with E-state index in [4.69, 9.17) is 5.11 Å². The van der Waals surface area contributed by atoms with E-state index >= 15 is 0 Å². The smallest absolute Gasteiger partial charge is 0.335 e. The van der Waals surface area contributed by atoms with Gasteiger partial charge in [-0.25, -0.2) is 4.79 Å². The van der Waals surface area contributed by atoms with Gasteiger partial charge in [0.15, 0.2) is 0 Å². The average molecular weight is 275 g/mol. The van der Waals surface area contributed by atoms with Crippen molar-refractivity contribution in [3.63, 3.8) is 0 Å². The normalized spacial score (nSPS) is 18.9. The van der Waals surface area contributed by atoms with Crippen LogP contribution in [-0.2, 0) is 6.54 Å². The molecule has 1 aromatic carbocycles. The predicted octanol–water partition coefficient (Wildman–Crippen LogP) is 3.69. The molecule has 2 N–H and O–H groups in total. The lowest BCUT2D eigenvalue weighted by Crippen LogP contribution is -2.28. The van der Waals surface area contributed by atoms with Crippen molar-refractivity contribution in [1.82, 2.24) is 5.32 Å². The maximum absolute atomic E-state index is 10.8. The van der Waals surface area contributed by atoms with Crippen molar-refractivity contribution >= 4 is 5.97 Å². The van der Waals surface area contributed by atoms with Crippen LogP contribution < -0.4 is 5.32 Å². The average Bonchev–Trinajstić information content (AvgIpc) is 2.41. The van der Waals surface area contributed by atoms with Crippen molar-refractivity contribution in [2.24, 2.45) is 11.3 Å². The highest BCUT2D eigenvalue weighted by Gasteiger charge is 2.26. The largest absolute Gasteiger partial charge is 0.478 e. The van der Waals surface area contributed by atoms with Gasteiger partial charge in [-0.2, -0.15) is 0 Å². The van der Waals surface area contributed by atoms with Crippen LogP contribution >= 0.6 is 0 Å². The molecular weight excluding hydrogens is 250 g/mol. The summed E-state index contributed by atoms with van der Waals surface area (Å²) < 4.78 is 0. The highest BCUT2D eigenvalue weighted by Crippen LogP contribution is 2.37. The maximum atomic E-state index is 10.8. The van der Waals surface area contributed by atoms with E-state index in [1.807, 2.05) is 12.1 Å². The minimum atomic E-state index is -0.866. The Morgan fingerprint density at radius 2 is 1.85 bits per heavy atom. The number of benzene rings is 1. The van der Waals surface area contributed by atoms with E-state index in [-0.39, 0.29) is 0 Å². The second-order valence-electron chi connectivity index (χ2n) is 6.74. The van der Waals surface area contributed by atoms with E-state index in [0.717, 1.165) is 24.6 Å². The molecule has 0 aromatic heterocycles. The molecule has 1 aliphatic rings. The molecule has 2 rings (SSSR count). The summed E-state index contributed by atoms with van der Waals surface area (Å²) in [5.41, 5.74) is 2.03. The second kappa shape index (κ2) is 6.40. The standard InChI is InChI=1S/C17H25NO2/c1-17(2)9-7-14(8-10-17)12-18-11-13-3-5-15(6-4-13)16(19)20/h3-6,14,18H,7-12H2,1-2H3,(H,19,20). The van der Waals surface area contributed by atoms with Crippen LogP contribution in [0, 0.1) is 11.3 Å². The molecule has 1 saturated carbocycles. The second-order valence-corrected chi connectivity index (χ2v) is 6.74. The van der Waals surface area contributed by atoms with Crippen LogP contribution in [0.5, 0.6) is 0 Å². The van der Waals surface area contributed by atoms with Crippen LogP contribution in [0.25, 0.3) is 0 Å². The summed E-state index contributed by atoms with van der Waals surface area (Å²) in [4.78, 5) is 10.8. The third kappa shape index (κ3) is 4.34. The monoisotopic (exact) mass is 275 g/mol. The Morgan fingerprint density at radius 3 is 2.40 bits per heavy atom. The minimum absolute atomic E-state index is 0.350. The zero-order valence-electron chi connectivity index (χ0n) is 12.5. The molecule has 0 atom stereocenters. The van der Waals surface area contributed by atoms with E-state index in [2.05, 4.69) is 19.2 Å². The van der Waals surface area contributed by atoms with Crippen LogP contribution in [0.1, 0.15) is 55.5 Å². The summed E-state index contributed by atoms with van der Waals surface area (Å²) >= 11 is 0. The molecule has 0 saturated heterocycles. The summed E-state index contributed by atoms with van der Waals surface area (Å²) in [5, 5.41) is 12.3. The molecule has 0 unspecified atom stereocenters. The third-order valence-corrected chi connectivity index (χ3v) is 4.42. The summed E-state index contributed by atoms with van der Waals surface area (Å²) in [6.45, 7) is 6.61. The minimum Gasteiger partial charge on any atom is -0.478 e. The lowest BCUT2D eigenvalue weighted by Gasteiger charge is -2.34. The number of rotatable bonds is 5. The Balaban J connectivity index is 1.72. The summed E-state index contributed by atoms with van der Waals surface area (Å²) in [7, 11) is 0. The Hall–Kier alpha value is -1.35. The maximum Gasteiger partial charge on any atom is 0.335 e. The van der Waals surface area contributed by atoms with Gasteiger partial charge in [0.1, 0.15) is 0 Å². The molecule has 20 heavy (non-hydrogen) atoms. The van der Waals surface area contributed by atoms with Crippen LogP contribution in [0.15, 0.2) is 24.3 Å². The van der Waals surface area contributed by atoms with Crippen LogP contribution in [0.2, 0.25) is 0 Å². The fourth-order valence-electron chi connectivity index (χ4n) is 2.85. The zero-order chi connectivity index (χ0) is 14.6. The first kappa shape index (κ1) is 15.0. The molecule has 0 bridgehead atoms. The van der Waals surface area contributed by atoms with E-state index in [9.17, 15) is 4.79 Å². The van der Waals surface area contributed by atoms with Crippen LogP contribution in [0.3, 0.4) is 0 Å². The van der Waals surface area contributed by atoms with E-state index in [0.29, 0.717) is 11.0 Å². The van der Waals surface area contributed by atoms with E-state index < -0.39 is 5.97 Å². The number of hydrogen-bond donors (Lipinski definition) is 2. The molecule has 0 aliphatic heterocycles. The van der Waals surface area contributed by atoms with Crippen LogP contribution in [0.4, 0.5) is 0 Å². The fraction of sp³-hybridized carbons (Fsp3) is 0.588. The zero-order valence-corrected chi connectivity index (χ0v) is 12.5. The Bertz CT molecular complexity index is 441. The lowest BCUT2D eigenvalue weighted by atomic mass is 9.73. The van der Waals surface area contributed by atoms with Gasteiger partial charge in [-0.15, -0.1) is 0 Å². The SMILES string of the molecule is CC1(C)CCC(CNCc2ccc(C(=O)O)cc2)CC1. The van der Waals surface area contributed by atoms with Crippen LogP contribution in [-0.4, -0.2) is 17.6 Å². The number of carboxylic acid groups (broad SMARTS) is 1. The Labute approximate surface area is 121 Å². The number of carboxylic acids is 1. The van der Waals surface area contributed by atoms with Crippen molar-refractivity contribution in [3.8, 4) is 0 Å². The van der Waals surface area contributed by atoms with Gasteiger partial charge in [0, 0.05) is 6.54 Å². The molecule has 110 valence electrons. The summed E-state index contributed by atoms with van der Waals surface area (Å²) in [6, 6.07) is 7.12. The van der Waals surface area contributed by atoms with Gasteiger partial charge in [-0.3, -0.25) is 0 Å². The van der Waals surface area contributed by atoms with E-state index in [1.165, 1.54) is 25.7 Å². The topological polar surface area (TPSA) is 49.3 Å². The van der Waals surface area contributed by atoms with Crippen molar-refractivity contribution in [1.29, 1.82) is 0 Å². The first-order valence-electron chi connectivity index (χ1n) is 7.49. The quantitative estimate of drug-likeness (QED) is 0.861. The molecule has 0 amide bonds. The predicted molar refractivity (Wildman–Crippen MR) is 80.8 cm³/mol. The van der Waals surface area contributed by atoms with Gasteiger partial charge in [0.2, 0.25) is 0 Å². The van der Waals surface area contributed by atoms with Gasteiger partial charge in [0.25, 0.3) is 0 Å². The summed E-state index contributed by atoms with van der Waals surface area (Å²) in [6.07, 6.45) is 5.29. The van der Waals surface area contributed by atoms with Gasteiger partial charge < -0.3 is 10.4 Å². The Morgan fingerprint density at radius 1 is 1.25 bits per heavy atom. The number of hydrogen-bond acceptors (Lipinski definition) is 2. The first-order chi connectivity index (χ1) is 9.46. The molecule has 0 heterocycles. The fourth-order valence-corrected chi connectivity index (χ4v) is 2.85. The van der Waals surface area contributed by atoms with E-state index in [1.54, 1.807) is 12.1 Å². The van der Waals surface area contributed by atoms with Crippen molar-refractivity contribution in [2.45, 2.75) is 46.1 Å². The number of carbonyl (C=O) groups is 1. The van der Waals surface area contributed by atoms with Crippen molar-refractivity contribution in [2.75, 3.05) is 6.54 Å². The molecule has 0 radical (unpaired) electrons. The lowest BCUT2D eigenvalue weighted by molar-refractivity contribution is 0.0697.